The first-order valence-electron chi connectivity index (χ1n) is 6.71. The summed E-state index contributed by atoms with van der Waals surface area (Å²) in [6.45, 7) is 3.23. The number of nitrogens with zero attached hydrogens (tertiary/aromatic N) is 1. The molecule has 0 aliphatic carbocycles. The van der Waals surface area contributed by atoms with Crippen molar-refractivity contribution in [1.82, 2.24) is 4.90 Å². The first-order chi connectivity index (χ1) is 10.5. The molecular weight excluding hydrogens is 401 g/mol. The monoisotopic (exact) mass is 415 g/mol. The number of alkyl halides is 3. The van der Waals surface area contributed by atoms with Gasteiger partial charge >= 0.3 is 0 Å². The molecule has 1 aliphatic heterocycles. The van der Waals surface area contributed by atoms with Crippen LogP contribution in [0.3, 0.4) is 0 Å². The minimum atomic E-state index is -2.64. The fourth-order valence-corrected chi connectivity index (χ4v) is 2.28. The van der Waals surface area contributed by atoms with E-state index in [1.165, 1.54) is 0 Å². The van der Waals surface area contributed by atoms with Crippen LogP contribution in [0.5, 0.6) is 5.75 Å². The normalized spacial score (nSPS) is 17.6. The van der Waals surface area contributed by atoms with Gasteiger partial charge in [0.25, 0.3) is 6.43 Å². The van der Waals surface area contributed by atoms with Gasteiger partial charge in [0.2, 0.25) is 5.91 Å². The number of halogens is 3. The molecule has 1 aliphatic rings. The van der Waals surface area contributed by atoms with Gasteiger partial charge in [0.05, 0.1) is 6.54 Å². The van der Waals surface area contributed by atoms with Crippen LogP contribution in [0.25, 0.3) is 5.70 Å². The van der Waals surface area contributed by atoms with E-state index in [-0.39, 0.29) is 39.1 Å². The predicted molar refractivity (Wildman–Crippen MR) is 80.8 cm³/mol. The molecule has 7 heteroatoms. The molecule has 23 heavy (non-hydrogen) atoms. The molecule has 0 saturated carbocycles. The summed E-state index contributed by atoms with van der Waals surface area (Å²) < 4.78 is 30.8. The Bertz CT molecular complexity index is 578. The van der Waals surface area contributed by atoms with Crippen molar-refractivity contribution in [2.75, 3.05) is 13.2 Å². The Hall–Kier alpha value is -0.776. The van der Waals surface area contributed by atoms with Crippen molar-refractivity contribution in [3.05, 3.63) is 48.6 Å². The Morgan fingerprint density at radius 3 is 2.65 bits per heavy atom. The molecule has 1 aromatic rings. The number of rotatable bonds is 6. The number of ether oxygens (including phenoxy) is 1. The van der Waals surface area contributed by atoms with Crippen LogP contribution in [-0.4, -0.2) is 35.8 Å². The van der Waals surface area contributed by atoms with Gasteiger partial charge in [0, 0.05) is 32.7 Å². The van der Waals surface area contributed by atoms with Crippen LogP contribution in [0, 0.1) is 6.08 Å². The average molecular weight is 416 g/mol. The van der Waals surface area contributed by atoms with Crippen LogP contribution in [0.2, 0.25) is 0 Å². The Kier molecular flexibility index (Phi) is 8.37. The largest absolute Gasteiger partial charge is 0.490 e. The molecule has 3 nitrogen and oxygen atoms in total. The van der Waals surface area contributed by atoms with Gasteiger partial charge in [-0.05, 0) is 12.1 Å². The van der Waals surface area contributed by atoms with Crippen LogP contribution in [0.4, 0.5) is 8.78 Å². The standard InChI is InChI=1S/C16H15ClF2NO2.Y/c1-2-9-22-12-5-3-11(4-6-12)14-8-7-13(17)16(21)20(14)10-15(18)19;/h2-6,13,15H,1,7,9-10H2;/q-1;. The summed E-state index contributed by atoms with van der Waals surface area (Å²) in [4.78, 5) is 13.0. The minimum absolute atomic E-state index is 0. The number of carbonyl (C=O) groups is 1. The Morgan fingerprint density at radius 1 is 1.43 bits per heavy atom. The summed E-state index contributed by atoms with van der Waals surface area (Å²) in [5.41, 5.74) is 0.945. The van der Waals surface area contributed by atoms with Crippen LogP contribution in [0.1, 0.15) is 12.0 Å². The fraction of sp³-hybridized carbons (Fsp3) is 0.312. The topological polar surface area (TPSA) is 29.5 Å². The van der Waals surface area contributed by atoms with Crippen LogP contribution in [-0.2, 0) is 37.5 Å². The molecule has 0 N–H and O–H groups in total. The molecule has 1 aromatic carbocycles. The summed E-state index contributed by atoms with van der Waals surface area (Å²) >= 11 is 5.84. The van der Waals surface area contributed by atoms with E-state index in [1.54, 1.807) is 30.3 Å². The van der Waals surface area contributed by atoms with E-state index in [4.69, 9.17) is 16.3 Å². The van der Waals surface area contributed by atoms with Crippen LogP contribution < -0.4 is 4.74 Å². The molecular formula is C16H15ClF2NO2Y-. The van der Waals surface area contributed by atoms with E-state index in [0.717, 1.165) is 4.90 Å². The van der Waals surface area contributed by atoms with Gasteiger partial charge in [0.1, 0.15) is 17.7 Å². The molecule has 1 amide bonds. The van der Waals surface area contributed by atoms with E-state index >= 15 is 0 Å². The molecule has 2 rings (SSSR count). The molecule has 0 aromatic heterocycles. The number of carbonyl (C=O) groups excluding carboxylic acids is 1. The number of hydrogen-bond acceptors (Lipinski definition) is 2. The molecule has 0 saturated heterocycles. The smallest absolute Gasteiger partial charge is 0.256 e. The average Bonchev–Trinajstić information content (AvgIpc) is 2.50. The Labute approximate surface area is 164 Å². The van der Waals surface area contributed by atoms with Gasteiger partial charge in [-0.1, -0.05) is 19.1 Å². The SMILES string of the molecule is C=CCOc1ccc(C2=[C-]CC(Cl)C(=O)N2CC(F)F)cc1.[Y]. The molecule has 1 radical (unpaired) electrons. The van der Waals surface area contributed by atoms with Gasteiger partial charge in [-0.2, -0.15) is 5.56 Å². The predicted octanol–water partition coefficient (Wildman–Crippen LogP) is 3.50. The van der Waals surface area contributed by atoms with Crippen molar-refractivity contribution in [1.29, 1.82) is 0 Å². The number of benzene rings is 1. The van der Waals surface area contributed by atoms with Gasteiger partial charge < -0.3 is 9.64 Å². The Morgan fingerprint density at radius 2 is 2.09 bits per heavy atom. The number of allylic oxidation sites excluding steroid dienone is 1. The summed E-state index contributed by atoms with van der Waals surface area (Å²) in [5.74, 6) is 0.102. The quantitative estimate of drug-likeness (QED) is 0.404. The zero-order valence-electron chi connectivity index (χ0n) is 12.3. The second-order valence-electron chi connectivity index (χ2n) is 4.66. The second-order valence-corrected chi connectivity index (χ2v) is 5.19. The first kappa shape index (κ1) is 20.3. The van der Waals surface area contributed by atoms with E-state index in [0.29, 0.717) is 23.6 Å². The van der Waals surface area contributed by atoms with Gasteiger partial charge in [-0.25, -0.2) is 14.9 Å². The Balaban J connectivity index is 0.00000264. The zero-order chi connectivity index (χ0) is 16.1. The molecule has 121 valence electrons. The van der Waals surface area contributed by atoms with Crippen molar-refractivity contribution in [3.63, 3.8) is 0 Å². The van der Waals surface area contributed by atoms with Gasteiger partial charge in [-0.15, -0.1) is 29.4 Å². The van der Waals surface area contributed by atoms with E-state index < -0.39 is 24.3 Å². The second kappa shape index (κ2) is 9.50. The summed E-state index contributed by atoms with van der Waals surface area (Å²) in [6, 6.07) is 6.79. The maximum atomic E-state index is 12.7. The third-order valence-corrected chi connectivity index (χ3v) is 3.41. The minimum Gasteiger partial charge on any atom is -0.490 e. The third-order valence-electron chi connectivity index (χ3n) is 3.07. The molecule has 0 spiro atoms. The first-order valence-corrected chi connectivity index (χ1v) is 7.15. The summed E-state index contributed by atoms with van der Waals surface area (Å²) in [5, 5.41) is -0.849. The fourth-order valence-electron chi connectivity index (χ4n) is 2.09. The molecule has 1 unspecified atom stereocenters. The molecule has 0 bridgehead atoms. The summed E-state index contributed by atoms with van der Waals surface area (Å²) in [6.07, 6.45) is 2.11. The third kappa shape index (κ3) is 5.37. The van der Waals surface area contributed by atoms with Crippen molar-refractivity contribution in [3.8, 4) is 5.75 Å². The molecule has 0 fully saturated rings. The summed E-state index contributed by atoms with van der Waals surface area (Å²) in [7, 11) is 0. The maximum absolute atomic E-state index is 12.7. The van der Waals surface area contributed by atoms with Gasteiger partial charge in [0.15, 0.2) is 0 Å². The number of hydrogen-bond donors (Lipinski definition) is 0. The van der Waals surface area contributed by atoms with E-state index in [2.05, 4.69) is 12.7 Å². The van der Waals surface area contributed by atoms with Crippen LogP contribution in [0.15, 0.2) is 36.9 Å². The van der Waals surface area contributed by atoms with Gasteiger partial charge in [-0.3, -0.25) is 4.79 Å². The maximum Gasteiger partial charge on any atom is 0.256 e. The van der Waals surface area contributed by atoms with Crippen molar-refractivity contribution in [2.45, 2.75) is 18.2 Å². The van der Waals surface area contributed by atoms with E-state index in [1.807, 2.05) is 0 Å². The molecule has 1 atom stereocenters. The van der Waals surface area contributed by atoms with Crippen LogP contribution >= 0.6 is 11.6 Å². The van der Waals surface area contributed by atoms with Crippen molar-refractivity contribution >= 4 is 23.2 Å². The van der Waals surface area contributed by atoms with Crippen molar-refractivity contribution < 1.29 is 51.0 Å². The zero-order valence-corrected chi connectivity index (χ0v) is 15.9. The van der Waals surface area contributed by atoms with E-state index in [9.17, 15) is 13.6 Å². The number of amides is 1. The van der Waals surface area contributed by atoms with Crippen molar-refractivity contribution in [2.24, 2.45) is 0 Å². The molecule has 1 heterocycles.